The number of nitrogens with one attached hydrogen (secondary N) is 2. The molecule has 3 fully saturated rings. The summed E-state index contributed by atoms with van der Waals surface area (Å²) in [6.07, 6.45) is 5.87. The highest BCUT2D eigenvalue weighted by atomic mass is 32.2. The molecule has 0 bridgehead atoms. The smallest absolute Gasteiger partial charge is 0.264 e. The van der Waals surface area contributed by atoms with E-state index in [-0.39, 0.29) is 18.7 Å². The summed E-state index contributed by atoms with van der Waals surface area (Å²) in [6.45, 7) is 7.00. The predicted octanol–water partition coefficient (Wildman–Crippen LogP) is 4.64. The van der Waals surface area contributed by atoms with E-state index in [0.717, 1.165) is 85.1 Å². The second-order valence-corrected chi connectivity index (χ2v) is 15.9. The zero-order valence-corrected chi connectivity index (χ0v) is 32.4. The minimum absolute atomic E-state index is 0.0969. The van der Waals surface area contributed by atoms with Gasteiger partial charge in [-0.1, -0.05) is 17.3 Å². The van der Waals surface area contributed by atoms with Gasteiger partial charge in [0.25, 0.3) is 11.8 Å². The zero-order chi connectivity index (χ0) is 39.0. The van der Waals surface area contributed by atoms with Crippen LogP contribution in [0.25, 0.3) is 11.0 Å². The van der Waals surface area contributed by atoms with Crippen molar-refractivity contribution in [3.8, 4) is 5.75 Å². The Morgan fingerprint density at radius 2 is 1.74 bits per heavy atom. The Bertz CT molecular complexity index is 2330. The first-order valence-corrected chi connectivity index (χ1v) is 20.2. The Hall–Kier alpha value is -5.87. The molecule has 1 unspecified atom stereocenters. The number of piperazine rings is 1. The number of nitrogens with zero attached hydrogens (tertiary/aromatic N) is 7. The number of hydrogen-bond acceptors (Lipinski definition) is 13. The van der Waals surface area contributed by atoms with Crippen LogP contribution in [0.4, 0.5) is 17.2 Å². The van der Waals surface area contributed by atoms with Gasteiger partial charge in [0.05, 0.1) is 30.5 Å². The van der Waals surface area contributed by atoms with Crippen LogP contribution in [0.1, 0.15) is 52.0 Å². The molecule has 1 atom stereocenters. The number of methoxy groups -OCH3 is 1. The van der Waals surface area contributed by atoms with Crippen LogP contribution in [0.15, 0.2) is 82.5 Å². The van der Waals surface area contributed by atoms with Crippen molar-refractivity contribution < 1.29 is 28.4 Å². The molecule has 15 nitrogen and oxygen atoms in total. The fourth-order valence-electron chi connectivity index (χ4n) is 8.51. The quantitative estimate of drug-likeness (QED) is 0.141. The van der Waals surface area contributed by atoms with Gasteiger partial charge in [-0.15, -0.1) is 0 Å². The molecule has 0 spiro atoms. The summed E-state index contributed by atoms with van der Waals surface area (Å²) in [5, 5.41) is 11.7. The molecule has 2 N–H and O–H groups in total. The van der Waals surface area contributed by atoms with Gasteiger partial charge in [0, 0.05) is 75.2 Å². The highest BCUT2D eigenvalue weighted by Crippen LogP contribution is 2.38. The van der Waals surface area contributed by atoms with Crippen molar-refractivity contribution in [1.29, 1.82) is 0 Å². The van der Waals surface area contributed by atoms with Gasteiger partial charge >= 0.3 is 0 Å². The van der Waals surface area contributed by atoms with E-state index >= 15 is 0 Å². The third-order valence-electron chi connectivity index (χ3n) is 11.5. The molecule has 4 aliphatic heterocycles. The molecule has 57 heavy (non-hydrogen) atoms. The van der Waals surface area contributed by atoms with Gasteiger partial charge in [-0.05, 0) is 91.2 Å². The number of piperidine rings is 2. The van der Waals surface area contributed by atoms with Crippen LogP contribution in [0, 0.1) is 5.92 Å². The molecule has 16 heteroatoms. The van der Waals surface area contributed by atoms with Crippen molar-refractivity contribution in [1.82, 2.24) is 30.1 Å². The number of amides is 4. The van der Waals surface area contributed by atoms with E-state index in [0.29, 0.717) is 40.7 Å². The lowest BCUT2D eigenvalue weighted by Crippen LogP contribution is -2.54. The van der Waals surface area contributed by atoms with Crippen LogP contribution >= 0.6 is 11.9 Å². The van der Waals surface area contributed by atoms with Crippen molar-refractivity contribution in [3.05, 3.63) is 89.7 Å². The molecular formula is C41H43N9O6S. The molecule has 4 aliphatic rings. The van der Waals surface area contributed by atoms with Gasteiger partial charge in [0.2, 0.25) is 11.8 Å². The Labute approximate surface area is 333 Å². The van der Waals surface area contributed by atoms with Crippen LogP contribution in [0.5, 0.6) is 5.75 Å². The first kappa shape index (κ1) is 36.7. The van der Waals surface area contributed by atoms with Crippen molar-refractivity contribution in [2.24, 2.45) is 5.92 Å². The van der Waals surface area contributed by atoms with E-state index in [4.69, 9.17) is 9.26 Å². The van der Waals surface area contributed by atoms with Gasteiger partial charge in [-0.3, -0.25) is 39.0 Å². The Balaban J connectivity index is 0.769. The summed E-state index contributed by atoms with van der Waals surface area (Å²) in [7, 11) is 1.65. The molecule has 0 aliphatic carbocycles. The minimum Gasteiger partial charge on any atom is -0.496 e. The molecule has 9 rings (SSSR count). The summed E-state index contributed by atoms with van der Waals surface area (Å²) in [5.41, 5.74) is 4.26. The van der Waals surface area contributed by atoms with Crippen LogP contribution in [0.2, 0.25) is 0 Å². The highest BCUT2D eigenvalue weighted by molar-refractivity contribution is 8.00. The molecule has 3 saturated heterocycles. The molecule has 2 aromatic heterocycles. The number of aromatic nitrogens is 3. The maximum Gasteiger partial charge on any atom is 0.264 e. The minimum atomic E-state index is -0.973. The third-order valence-corrected chi connectivity index (χ3v) is 12.2. The van der Waals surface area contributed by atoms with Crippen molar-refractivity contribution in [2.75, 3.05) is 67.4 Å². The number of carbonyl (C=O) groups excluding carboxylic acids is 4. The van der Waals surface area contributed by atoms with E-state index in [1.54, 1.807) is 25.4 Å². The predicted molar refractivity (Wildman–Crippen MR) is 215 cm³/mol. The van der Waals surface area contributed by atoms with Gasteiger partial charge in [0.15, 0.2) is 11.4 Å². The average Bonchev–Trinajstić information content (AvgIpc) is 3.96. The zero-order valence-electron chi connectivity index (χ0n) is 31.6. The van der Waals surface area contributed by atoms with Gasteiger partial charge in [-0.25, -0.2) is 0 Å². The number of fused-ring (bicyclic) bond motifs is 2. The molecule has 6 heterocycles. The summed E-state index contributed by atoms with van der Waals surface area (Å²) in [5.74, 6) is -0.0886. The number of hydrogen-bond donors (Lipinski definition) is 2. The number of anilines is 3. The molecule has 0 saturated carbocycles. The van der Waals surface area contributed by atoms with Crippen LogP contribution < -0.4 is 24.6 Å². The number of imide groups is 2. The second-order valence-electron chi connectivity index (χ2n) is 15.0. The lowest BCUT2D eigenvalue weighted by molar-refractivity contribution is -0.136. The second kappa shape index (κ2) is 15.6. The number of carbonyl (C=O) groups is 4. The molecule has 0 radical (unpaired) electrons. The lowest BCUT2D eigenvalue weighted by atomic mass is 9.94. The van der Waals surface area contributed by atoms with Crippen LogP contribution in [0.3, 0.4) is 0 Å². The van der Waals surface area contributed by atoms with Crippen molar-refractivity contribution in [3.63, 3.8) is 0 Å². The molecule has 5 aromatic rings. The normalized spacial score (nSPS) is 19.4. The number of benzene rings is 3. The summed E-state index contributed by atoms with van der Waals surface area (Å²) >= 11 is 1.49. The molecular weight excluding hydrogens is 747 g/mol. The lowest BCUT2D eigenvalue weighted by Gasteiger charge is -2.40. The van der Waals surface area contributed by atoms with Crippen molar-refractivity contribution >= 4 is 63.7 Å². The van der Waals surface area contributed by atoms with Gasteiger partial charge in [0.1, 0.15) is 17.2 Å². The monoisotopic (exact) mass is 789 g/mol. The van der Waals surface area contributed by atoms with Crippen LogP contribution in [-0.2, 0) is 16.1 Å². The highest BCUT2D eigenvalue weighted by Gasteiger charge is 2.46. The summed E-state index contributed by atoms with van der Waals surface area (Å²) < 4.78 is 16.7. The van der Waals surface area contributed by atoms with E-state index < -0.39 is 23.8 Å². The maximum absolute atomic E-state index is 13.7. The molecule has 294 valence electrons. The van der Waals surface area contributed by atoms with Gasteiger partial charge < -0.3 is 23.8 Å². The molecule has 3 aromatic carbocycles. The van der Waals surface area contributed by atoms with Crippen molar-refractivity contribution in [2.45, 2.75) is 43.2 Å². The molecule has 4 amide bonds. The van der Waals surface area contributed by atoms with Gasteiger partial charge in [-0.2, -0.15) is 5.10 Å². The summed E-state index contributed by atoms with van der Waals surface area (Å²) in [4.78, 5) is 60.6. The first-order chi connectivity index (χ1) is 27.8. The van der Waals surface area contributed by atoms with E-state index in [2.05, 4.69) is 59.3 Å². The SMILES string of the molecule is COc1cc(Cn2cccn2)cc2onc(NSc3cccc(N4CCN(CC5CCN(c6cccc7c6C(=O)N(C6CCC(=O)NC6=O)C7=O)CC5)CC4)c3)c12. The van der Waals surface area contributed by atoms with E-state index in [9.17, 15) is 19.2 Å². The average molecular weight is 790 g/mol. The summed E-state index contributed by atoms with van der Waals surface area (Å²) in [6, 6.07) is 18.8. The standard InChI is InChI=1S/C41H43N9O6S/c1-55-33-21-27(25-49-14-4-13-42-49)22-34-37(33)38(44-56-34)45-57-29-6-2-5-28(23-29)47-19-17-46(18-20-47)24-26-11-15-48(16-12-26)31-8-3-7-30-36(31)41(54)50(40(30)53)32-9-10-35(51)43-39(32)52/h2-8,13-14,21-23,26,32H,9-12,15-20,24-25H2,1H3,(H,44,45)(H,43,51,52). The largest absolute Gasteiger partial charge is 0.496 e. The van der Waals surface area contributed by atoms with E-state index in [1.807, 2.05) is 35.1 Å². The van der Waals surface area contributed by atoms with E-state index in [1.165, 1.54) is 17.6 Å². The Morgan fingerprint density at radius 3 is 2.51 bits per heavy atom. The van der Waals surface area contributed by atoms with Crippen LogP contribution in [-0.4, -0.2) is 107 Å². The number of rotatable bonds is 11. The first-order valence-electron chi connectivity index (χ1n) is 19.4. The fraction of sp³-hybridized carbons (Fsp3) is 0.366. The maximum atomic E-state index is 13.7. The fourth-order valence-corrected chi connectivity index (χ4v) is 9.19. The third kappa shape index (κ3) is 7.30. The Kier molecular flexibility index (Phi) is 10.0. The number of ether oxygens (including phenoxy) is 1. The Morgan fingerprint density at radius 1 is 0.912 bits per heavy atom. The topological polar surface area (TPSA) is 158 Å².